The molecule has 2 aromatic carbocycles. The van der Waals surface area contributed by atoms with Crippen LogP contribution in [-0.4, -0.2) is 6.61 Å². The third-order valence-corrected chi connectivity index (χ3v) is 4.14. The van der Waals surface area contributed by atoms with E-state index in [9.17, 15) is 4.39 Å². The molecule has 0 aromatic heterocycles. The number of halogens is 3. The molecule has 0 saturated heterocycles. The lowest BCUT2D eigenvalue weighted by Gasteiger charge is -2.15. The van der Waals surface area contributed by atoms with Crippen LogP contribution in [0.4, 0.5) is 4.39 Å². The smallest absolute Gasteiger partial charge is 0.127 e. The van der Waals surface area contributed by atoms with Crippen molar-refractivity contribution in [3.8, 4) is 5.75 Å². The molecule has 0 bridgehead atoms. The molecule has 19 heavy (non-hydrogen) atoms. The van der Waals surface area contributed by atoms with E-state index >= 15 is 0 Å². The van der Waals surface area contributed by atoms with Gasteiger partial charge in [-0.1, -0.05) is 28.1 Å². The lowest BCUT2D eigenvalue weighted by Crippen LogP contribution is -1.98. The van der Waals surface area contributed by atoms with E-state index in [1.165, 1.54) is 12.1 Å². The van der Waals surface area contributed by atoms with Crippen LogP contribution in [0.25, 0.3) is 0 Å². The van der Waals surface area contributed by atoms with Gasteiger partial charge in [0.15, 0.2) is 0 Å². The van der Waals surface area contributed by atoms with Crippen molar-refractivity contribution in [2.24, 2.45) is 0 Å². The Morgan fingerprint density at radius 2 is 2.11 bits per heavy atom. The van der Waals surface area contributed by atoms with Crippen molar-refractivity contribution in [3.63, 3.8) is 0 Å². The number of alkyl halides is 1. The van der Waals surface area contributed by atoms with Crippen molar-refractivity contribution in [3.05, 3.63) is 63.4 Å². The molecule has 2 aromatic rings. The first-order valence-corrected chi connectivity index (χ1v) is 7.23. The molecule has 4 heteroatoms. The molecule has 0 amide bonds. The van der Waals surface area contributed by atoms with Gasteiger partial charge in [-0.25, -0.2) is 4.39 Å². The molecule has 1 heterocycles. The maximum absolute atomic E-state index is 13.3. The van der Waals surface area contributed by atoms with Gasteiger partial charge in [-0.15, -0.1) is 11.6 Å². The summed E-state index contributed by atoms with van der Waals surface area (Å²) in [6.07, 6.45) is 0.883. The molecule has 3 rings (SSSR count). The van der Waals surface area contributed by atoms with E-state index in [4.69, 9.17) is 16.3 Å². The summed E-state index contributed by atoms with van der Waals surface area (Å²) in [5, 5.41) is -0.417. The first-order chi connectivity index (χ1) is 9.15. The van der Waals surface area contributed by atoms with Crippen LogP contribution in [0.1, 0.15) is 22.1 Å². The SMILES string of the molecule is Fc1cccc(C(Cl)c2cc(Br)cc3c2OCC3)c1. The van der Waals surface area contributed by atoms with Gasteiger partial charge in [-0.3, -0.25) is 0 Å². The lowest BCUT2D eigenvalue weighted by molar-refractivity contribution is 0.353. The summed E-state index contributed by atoms with van der Waals surface area (Å²) < 4.78 is 19.9. The largest absolute Gasteiger partial charge is 0.493 e. The van der Waals surface area contributed by atoms with Crippen LogP contribution in [0.2, 0.25) is 0 Å². The predicted molar refractivity (Wildman–Crippen MR) is 77.4 cm³/mol. The summed E-state index contributed by atoms with van der Waals surface area (Å²) in [6.45, 7) is 0.672. The monoisotopic (exact) mass is 340 g/mol. The van der Waals surface area contributed by atoms with Crippen LogP contribution in [0, 0.1) is 5.82 Å². The molecule has 1 aliphatic rings. The number of hydrogen-bond donors (Lipinski definition) is 0. The molecule has 1 nitrogen and oxygen atoms in total. The van der Waals surface area contributed by atoms with Crippen molar-refractivity contribution >= 4 is 27.5 Å². The molecule has 1 unspecified atom stereocenters. The third-order valence-electron chi connectivity index (χ3n) is 3.19. The fraction of sp³-hybridized carbons (Fsp3) is 0.200. The zero-order chi connectivity index (χ0) is 13.4. The van der Waals surface area contributed by atoms with Crippen molar-refractivity contribution in [2.75, 3.05) is 6.61 Å². The highest BCUT2D eigenvalue weighted by Gasteiger charge is 2.23. The number of ether oxygens (including phenoxy) is 1. The van der Waals surface area contributed by atoms with Crippen molar-refractivity contribution in [2.45, 2.75) is 11.8 Å². The molecule has 0 radical (unpaired) electrons. The Morgan fingerprint density at radius 1 is 1.26 bits per heavy atom. The molecule has 0 spiro atoms. The van der Waals surface area contributed by atoms with Gasteiger partial charge in [0.1, 0.15) is 11.6 Å². The van der Waals surface area contributed by atoms with Gasteiger partial charge in [0.05, 0.1) is 12.0 Å². The topological polar surface area (TPSA) is 9.23 Å². The molecule has 98 valence electrons. The van der Waals surface area contributed by atoms with Gasteiger partial charge in [0, 0.05) is 16.5 Å². The van der Waals surface area contributed by atoms with Gasteiger partial charge in [0.2, 0.25) is 0 Å². The zero-order valence-corrected chi connectivity index (χ0v) is 12.3. The predicted octanol–water partition coefficient (Wildman–Crippen LogP) is 4.85. The highest BCUT2D eigenvalue weighted by molar-refractivity contribution is 9.10. The fourth-order valence-corrected chi connectivity index (χ4v) is 3.15. The van der Waals surface area contributed by atoms with Gasteiger partial charge in [0.25, 0.3) is 0 Å². The summed E-state index contributed by atoms with van der Waals surface area (Å²) in [6, 6.07) is 10.3. The van der Waals surface area contributed by atoms with E-state index in [-0.39, 0.29) is 5.82 Å². The van der Waals surface area contributed by atoms with Crippen LogP contribution in [0.15, 0.2) is 40.9 Å². The van der Waals surface area contributed by atoms with E-state index in [1.807, 2.05) is 18.2 Å². The van der Waals surface area contributed by atoms with E-state index in [0.29, 0.717) is 6.61 Å². The van der Waals surface area contributed by atoms with Crippen LogP contribution >= 0.6 is 27.5 Å². The average Bonchev–Trinajstić information content (AvgIpc) is 2.85. The summed E-state index contributed by atoms with van der Waals surface area (Å²) in [5.41, 5.74) is 2.76. The quantitative estimate of drug-likeness (QED) is 0.709. The molecule has 0 fully saturated rings. The molecular formula is C15H11BrClFO. The zero-order valence-electron chi connectivity index (χ0n) is 10.00. The molecule has 1 atom stereocenters. The van der Waals surface area contributed by atoms with Crippen molar-refractivity contribution in [1.29, 1.82) is 0 Å². The Hall–Kier alpha value is -1.06. The summed E-state index contributed by atoms with van der Waals surface area (Å²) in [4.78, 5) is 0. The minimum absolute atomic E-state index is 0.282. The Labute approximate surface area is 124 Å². The Morgan fingerprint density at radius 3 is 2.89 bits per heavy atom. The molecule has 0 N–H and O–H groups in total. The minimum Gasteiger partial charge on any atom is -0.493 e. The second kappa shape index (κ2) is 5.14. The normalized spacial score (nSPS) is 14.9. The highest BCUT2D eigenvalue weighted by Crippen LogP contribution is 2.41. The summed E-state index contributed by atoms with van der Waals surface area (Å²) in [5.74, 6) is 0.558. The van der Waals surface area contributed by atoms with Crippen LogP contribution in [-0.2, 0) is 6.42 Å². The minimum atomic E-state index is -0.417. The fourth-order valence-electron chi connectivity index (χ4n) is 2.33. The van der Waals surface area contributed by atoms with Crippen molar-refractivity contribution < 1.29 is 9.13 Å². The summed E-state index contributed by atoms with van der Waals surface area (Å²) >= 11 is 9.97. The number of rotatable bonds is 2. The summed E-state index contributed by atoms with van der Waals surface area (Å²) in [7, 11) is 0. The van der Waals surface area contributed by atoms with E-state index < -0.39 is 5.38 Å². The molecule has 0 aliphatic carbocycles. The molecule has 1 aliphatic heterocycles. The van der Waals surface area contributed by atoms with E-state index in [1.54, 1.807) is 6.07 Å². The average molecular weight is 342 g/mol. The maximum atomic E-state index is 13.3. The van der Waals surface area contributed by atoms with Gasteiger partial charge < -0.3 is 4.74 Å². The molecule has 0 saturated carbocycles. The molecular weight excluding hydrogens is 331 g/mol. The number of benzene rings is 2. The Bertz CT molecular complexity index is 630. The van der Waals surface area contributed by atoms with Crippen LogP contribution < -0.4 is 4.74 Å². The van der Waals surface area contributed by atoms with E-state index in [2.05, 4.69) is 15.9 Å². The number of fused-ring (bicyclic) bond motifs is 1. The van der Waals surface area contributed by atoms with Gasteiger partial charge >= 0.3 is 0 Å². The highest BCUT2D eigenvalue weighted by atomic mass is 79.9. The number of hydrogen-bond acceptors (Lipinski definition) is 1. The third kappa shape index (κ3) is 2.49. The van der Waals surface area contributed by atoms with E-state index in [0.717, 1.165) is 33.3 Å². The van der Waals surface area contributed by atoms with Gasteiger partial charge in [-0.05, 0) is 35.4 Å². The van der Waals surface area contributed by atoms with Crippen LogP contribution in [0.5, 0.6) is 5.75 Å². The maximum Gasteiger partial charge on any atom is 0.127 e. The second-order valence-corrected chi connectivity index (χ2v) is 5.85. The Balaban J connectivity index is 2.07. The first-order valence-electron chi connectivity index (χ1n) is 6.00. The van der Waals surface area contributed by atoms with Crippen LogP contribution in [0.3, 0.4) is 0 Å². The lowest BCUT2D eigenvalue weighted by atomic mass is 10.0. The first kappa shape index (κ1) is 12.9. The van der Waals surface area contributed by atoms with Gasteiger partial charge in [-0.2, -0.15) is 0 Å². The second-order valence-electron chi connectivity index (χ2n) is 4.50. The standard InChI is InChI=1S/C15H11BrClFO/c16-11-6-10-4-5-19-15(10)13(8-11)14(17)9-2-1-3-12(18)7-9/h1-3,6-8,14H,4-5H2. The van der Waals surface area contributed by atoms with Crippen molar-refractivity contribution in [1.82, 2.24) is 0 Å². The Kier molecular flexibility index (Phi) is 3.50.